The van der Waals surface area contributed by atoms with E-state index in [2.05, 4.69) is 23.7 Å². The first-order valence-corrected chi connectivity index (χ1v) is 12.0. The Hall–Kier alpha value is -2.13. The lowest BCUT2D eigenvalue weighted by atomic mass is 10.0. The Morgan fingerprint density at radius 1 is 1.18 bits per heavy atom. The van der Waals surface area contributed by atoms with Gasteiger partial charge < -0.3 is 10.5 Å². The van der Waals surface area contributed by atoms with Crippen LogP contribution in [-0.4, -0.2) is 52.0 Å². The van der Waals surface area contributed by atoms with E-state index in [1.165, 1.54) is 19.0 Å². The second-order valence-electron chi connectivity index (χ2n) is 9.79. The number of halogens is 3. The quantitative estimate of drug-likeness (QED) is 0.694. The summed E-state index contributed by atoms with van der Waals surface area (Å²) in [6, 6.07) is 3.85. The number of fused-ring (bicyclic) bond motifs is 1. The van der Waals surface area contributed by atoms with Crippen molar-refractivity contribution in [1.29, 1.82) is 0 Å². The summed E-state index contributed by atoms with van der Waals surface area (Å²) in [5.74, 6) is 1.18. The van der Waals surface area contributed by atoms with E-state index in [1.54, 1.807) is 0 Å². The molecule has 2 saturated carbocycles. The van der Waals surface area contributed by atoms with Crippen molar-refractivity contribution in [3.8, 4) is 11.3 Å². The van der Waals surface area contributed by atoms with Crippen LogP contribution in [-0.2, 0) is 10.9 Å². The Labute approximate surface area is 192 Å². The van der Waals surface area contributed by atoms with Crippen molar-refractivity contribution in [3.05, 3.63) is 29.6 Å². The van der Waals surface area contributed by atoms with Gasteiger partial charge in [0.1, 0.15) is 5.82 Å². The number of nitrogens with zero attached hydrogens (tertiary/aromatic N) is 4. The summed E-state index contributed by atoms with van der Waals surface area (Å²) in [6.45, 7) is 8.00. The lowest BCUT2D eigenvalue weighted by molar-refractivity contribution is -0.137. The van der Waals surface area contributed by atoms with Gasteiger partial charge in [-0.3, -0.25) is 9.58 Å². The Morgan fingerprint density at radius 2 is 1.94 bits per heavy atom. The number of alkyl halides is 3. The van der Waals surface area contributed by atoms with E-state index in [0.29, 0.717) is 35.1 Å². The molecule has 3 aliphatic rings. The number of nitrogen functional groups attached to an aromatic ring is 1. The topological polar surface area (TPSA) is 69.2 Å². The van der Waals surface area contributed by atoms with E-state index in [4.69, 9.17) is 15.6 Å². The van der Waals surface area contributed by atoms with Gasteiger partial charge in [0, 0.05) is 55.2 Å². The summed E-state index contributed by atoms with van der Waals surface area (Å²) in [6.07, 6.45) is 1.20. The molecule has 2 aromatic heterocycles. The van der Waals surface area contributed by atoms with E-state index < -0.39 is 17.6 Å². The summed E-state index contributed by atoms with van der Waals surface area (Å²) in [5.41, 5.74) is 6.63. The molecule has 1 saturated heterocycles. The van der Waals surface area contributed by atoms with Crippen LogP contribution in [0.3, 0.4) is 0 Å². The minimum atomic E-state index is -4.55. The van der Waals surface area contributed by atoms with Crippen molar-refractivity contribution >= 4 is 5.82 Å². The molecule has 0 amide bonds. The molecule has 2 aliphatic carbocycles. The van der Waals surface area contributed by atoms with Crippen LogP contribution in [0.5, 0.6) is 0 Å². The van der Waals surface area contributed by atoms with E-state index in [9.17, 15) is 13.2 Å². The van der Waals surface area contributed by atoms with Crippen LogP contribution in [0.25, 0.3) is 11.3 Å². The number of rotatable bonds is 5. The Kier molecular flexibility index (Phi) is 5.89. The van der Waals surface area contributed by atoms with Crippen molar-refractivity contribution in [2.45, 2.75) is 63.7 Å². The van der Waals surface area contributed by atoms with Gasteiger partial charge in [0.25, 0.3) is 0 Å². The highest BCUT2D eigenvalue weighted by atomic mass is 19.4. The molecule has 0 radical (unpaired) electrons. The van der Waals surface area contributed by atoms with E-state index in [-0.39, 0.29) is 6.04 Å². The lowest BCUT2D eigenvalue weighted by Crippen LogP contribution is -2.36. The molecular formula is C24H32F3N5O. The first-order chi connectivity index (χ1) is 15.8. The largest absolute Gasteiger partial charge is 0.419 e. The monoisotopic (exact) mass is 463 g/mol. The molecule has 0 aromatic carbocycles. The number of anilines is 1. The van der Waals surface area contributed by atoms with Crippen molar-refractivity contribution in [1.82, 2.24) is 19.7 Å². The molecule has 6 nitrogen and oxygen atoms in total. The second-order valence-corrected chi connectivity index (χ2v) is 9.79. The summed E-state index contributed by atoms with van der Waals surface area (Å²) in [4.78, 5) is 6.40. The van der Waals surface area contributed by atoms with Crippen molar-refractivity contribution in [2.75, 3.05) is 32.0 Å². The van der Waals surface area contributed by atoms with Crippen LogP contribution >= 0.6 is 0 Å². The molecule has 1 aliphatic heterocycles. The van der Waals surface area contributed by atoms with Gasteiger partial charge in [-0.2, -0.15) is 18.3 Å². The standard InChI is InChI=1S/C24H32F3N5O/c1-3-14(2)32-21(12-20(30-32)15-9-19(24(25,26)27)23(28)29-13-15)22-17-10-16(11-18(17)22)31-5-4-7-33-8-6-31/h9,12-14,16-18,22H,3-8,10-11H2,1-2H3,(H2,28,29)/t14?,16?,17-,18+,22+. The number of aromatic nitrogens is 3. The maximum atomic E-state index is 13.4. The molecule has 0 spiro atoms. The molecule has 2 aromatic rings. The van der Waals surface area contributed by atoms with E-state index >= 15 is 0 Å². The number of hydrogen-bond donors (Lipinski definition) is 1. The molecule has 3 heterocycles. The summed E-state index contributed by atoms with van der Waals surface area (Å²) in [5, 5.41) is 4.76. The summed E-state index contributed by atoms with van der Waals surface area (Å²) >= 11 is 0. The predicted octanol–water partition coefficient (Wildman–Crippen LogP) is 4.73. The molecule has 180 valence electrons. The van der Waals surface area contributed by atoms with Crippen LogP contribution < -0.4 is 5.73 Å². The molecular weight excluding hydrogens is 431 g/mol. The Balaban J connectivity index is 1.39. The van der Waals surface area contributed by atoms with Crippen molar-refractivity contribution in [2.24, 2.45) is 11.8 Å². The molecule has 33 heavy (non-hydrogen) atoms. The highest BCUT2D eigenvalue weighted by molar-refractivity contribution is 5.63. The average molecular weight is 464 g/mol. The molecule has 2 unspecified atom stereocenters. The lowest BCUT2D eigenvalue weighted by Gasteiger charge is -2.28. The van der Waals surface area contributed by atoms with Crippen LogP contribution in [0.15, 0.2) is 18.3 Å². The molecule has 2 N–H and O–H groups in total. The number of nitrogens with two attached hydrogens (primary N) is 1. The van der Waals surface area contributed by atoms with Gasteiger partial charge in [0.15, 0.2) is 0 Å². The maximum Gasteiger partial charge on any atom is 0.419 e. The van der Waals surface area contributed by atoms with E-state index in [0.717, 1.165) is 50.9 Å². The van der Waals surface area contributed by atoms with Crippen molar-refractivity contribution < 1.29 is 17.9 Å². The highest BCUT2D eigenvalue weighted by Gasteiger charge is 2.58. The van der Waals surface area contributed by atoms with Crippen LogP contribution in [0.1, 0.15) is 62.7 Å². The minimum absolute atomic E-state index is 0.178. The fourth-order valence-corrected chi connectivity index (χ4v) is 5.85. The third-order valence-corrected chi connectivity index (χ3v) is 7.83. The Morgan fingerprint density at radius 3 is 2.64 bits per heavy atom. The first-order valence-electron chi connectivity index (χ1n) is 12.0. The normalized spacial score (nSPS) is 29.0. The number of hydrogen-bond acceptors (Lipinski definition) is 5. The van der Waals surface area contributed by atoms with Crippen LogP contribution in [0.2, 0.25) is 0 Å². The second kappa shape index (κ2) is 8.58. The minimum Gasteiger partial charge on any atom is -0.383 e. The fraction of sp³-hybridized carbons (Fsp3) is 0.667. The van der Waals surface area contributed by atoms with Gasteiger partial charge >= 0.3 is 6.18 Å². The van der Waals surface area contributed by atoms with Gasteiger partial charge in [-0.05, 0) is 56.6 Å². The van der Waals surface area contributed by atoms with Gasteiger partial charge in [-0.15, -0.1) is 0 Å². The number of ether oxygens (including phenoxy) is 1. The third-order valence-electron chi connectivity index (χ3n) is 7.83. The van der Waals surface area contributed by atoms with Crippen LogP contribution in [0, 0.1) is 11.8 Å². The molecule has 5 rings (SSSR count). The highest BCUT2D eigenvalue weighted by Crippen LogP contribution is 2.64. The zero-order chi connectivity index (χ0) is 23.3. The van der Waals surface area contributed by atoms with Gasteiger partial charge in [-0.25, -0.2) is 4.98 Å². The third kappa shape index (κ3) is 4.25. The van der Waals surface area contributed by atoms with Crippen molar-refractivity contribution in [3.63, 3.8) is 0 Å². The zero-order valence-corrected chi connectivity index (χ0v) is 19.2. The molecule has 5 atom stereocenters. The van der Waals surface area contributed by atoms with E-state index in [1.807, 2.05) is 10.7 Å². The molecule has 0 bridgehead atoms. The van der Waals surface area contributed by atoms with Gasteiger partial charge in [-0.1, -0.05) is 6.92 Å². The SMILES string of the molecule is CCC(C)n1nc(-c2cnc(N)c(C(F)(F)F)c2)cc1[C@H]1[C@@H]2CC(N3CCCOCC3)C[C@@H]21. The summed E-state index contributed by atoms with van der Waals surface area (Å²) < 4.78 is 47.7. The zero-order valence-electron chi connectivity index (χ0n) is 19.2. The maximum absolute atomic E-state index is 13.4. The first kappa shape index (κ1) is 22.7. The average Bonchev–Trinajstić information content (AvgIpc) is 3.12. The number of pyridine rings is 1. The fourth-order valence-electron chi connectivity index (χ4n) is 5.85. The van der Waals surface area contributed by atoms with Crippen LogP contribution in [0.4, 0.5) is 19.0 Å². The van der Waals surface area contributed by atoms with Gasteiger partial charge in [0.2, 0.25) is 0 Å². The smallest absolute Gasteiger partial charge is 0.383 e. The Bertz CT molecular complexity index is 986. The van der Waals surface area contributed by atoms with Gasteiger partial charge in [0.05, 0.1) is 17.9 Å². The molecule has 3 fully saturated rings. The summed E-state index contributed by atoms with van der Waals surface area (Å²) in [7, 11) is 0. The molecule has 9 heteroatoms. The predicted molar refractivity (Wildman–Crippen MR) is 120 cm³/mol.